The minimum atomic E-state index is 0.0682. The highest BCUT2D eigenvalue weighted by Gasteiger charge is 2.06. The van der Waals surface area contributed by atoms with Crippen molar-refractivity contribution >= 4 is 5.91 Å². The van der Waals surface area contributed by atoms with E-state index in [1.807, 2.05) is 18.2 Å². The fourth-order valence-corrected chi connectivity index (χ4v) is 1.84. The van der Waals surface area contributed by atoms with Crippen LogP contribution in [0, 0.1) is 0 Å². The molecule has 0 atom stereocenters. The fraction of sp³-hybridized carbons (Fsp3) is 0.500. The van der Waals surface area contributed by atoms with Crippen molar-refractivity contribution in [2.45, 2.75) is 19.4 Å². The molecule has 1 aromatic rings. The van der Waals surface area contributed by atoms with Gasteiger partial charge >= 0.3 is 0 Å². The van der Waals surface area contributed by atoms with Crippen LogP contribution in [0.15, 0.2) is 30.3 Å². The van der Waals surface area contributed by atoms with Gasteiger partial charge in [0.1, 0.15) is 0 Å². The lowest BCUT2D eigenvalue weighted by molar-refractivity contribution is -0.120. The van der Waals surface area contributed by atoms with Crippen LogP contribution in [0.4, 0.5) is 0 Å². The quantitative estimate of drug-likeness (QED) is 0.724. The molecule has 1 rings (SSSR count). The topological polar surface area (TPSA) is 52.6 Å². The predicted molar refractivity (Wildman–Crippen MR) is 72.1 cm³/mol. The monoisotopic (exact) mass is 250 g/mol. The summed E-state index contributed by atoms with van der Waals surface area (Å²) in [7, 11) is 1.65. The molecule has 1 amide bonds. The van der Waals surface area contributed by atoms with Gasteiger partial charge in [0.05, 0.1) is 6.61 Å². The number of nitrogens with zero attached hydrogens (tertiary/aromatic N) is 1. The van der Waals surface area contributed by atoms with Gasteiger partial charge in [-0.1, -0.05) is 30.3 Å². The molecule has 2 N–H and O–H groups in total. The lowest BCUT2D eigenvalue weighted by atomic mass is 10.2. The molecule has 4 nitrogen and oxygen atoms in total. The van der Waals surface area contributed by atoms with Gasteiger partial charge in [0, 0.05) is 26.6 Å². The van der Waals surface area contributed by atoms with Crippen molar-refractivity contribution in [3.05, 3.63) is 35.9 Å². The summed E-state index contributed by atoms with van der Waals surface area (Å²) < 4.78 is 0. The van der Waals surface area contributed by atoms with Gasteiger partial charge in [-0.05, 0) is 18.5 Å². The van der Waals surface area contributed by atoms with Gasteiger partial charge in [0.25, 0.3) is 0 Å². The number of hydrogen-bond donors (Lipinski definition) is 2. The molecule has 4 heteroatoms. The van der Waals surface area contributed by atoms with Gasteiger partial charge in [0.2, 0.25) is 5.91 Å². The van der Waals surface area contributed by atoms with E-state index in [9.17, 15) is 4.79 Å². The molecule has 18 heavy (non-hydrogen) atoms. The number of benzene rings is 1. The molecule has 0 aromatic heterocycles. The normalized spacial score (nSPS) is 10.6. The van der Waals surface area contributed by atoms with Gasteiger partial charge in [0.15, 0.2) is 0 Å². The number of carbonyl (C=O) groups is 1. The third-order valence-electron chi connectivity index (χ3n) is 2.82. The average molecular weight is 250 g/mol. The summed E-state index contributed by atoms with van der Waals surface area (Å²) in [6, 6.07) is 10.2. The summed E-state index contributed by atoms with van der Waals surface area (Å²) in [6.45, 7) is 2.42. The predicted octanol–water partition coefficient (Wildman–Crippen LogP) is 1.01. The summed E-state index contributed by atoms with van der Waals surface area (Å²) in [5, 5.41) is 11.7. The largest absolute Gasteiger partial charge is 0.395 e. The lowest BCUT2D eigenvalue weighted by Gasteiger charge is -2.21. The van der Waals surface area contributed by atoms with Crippen LogP contribution in [-0.2, 0) is 11.3 Å². The number of aliphatic hydroxyl groups excluding tert-OH is 1. The highest BCUT2D eigenvalue weighted by molar-refractivity contribution is 5.75. The third kappa shape index (κ3) is 5.80. The van der Waals surface area contributed by atoms with E-state index < -0.39 is 0 Å². The second-order valence-corrected chi connectivity index (χ2v) is 4.26. The second-order valence-electron chi connectivity index (χ2n) is 4.26. The number of amides is 1. The number of carbonyl (C=O) groups excluding carboxylic acids is 1. The van der Waals surface area contributed by atoms with Gasteiger partial charge in [-0.15, -0.1) is 0 Å². The van der Waals surface area contributed by atoms with Gasteiger partial charge < -0.3 is 10.4 Å². The van der Waals surface area contributed by atoms with Gasteiger partial charge in [-0.3, -0.25) is 9.69 Å². The molecule has 0 heterocycles. The van der Waals surface area contributed by atoms with Crippen LogP contribution in [0.25, 0.3) is 0 Å². The SMILES string of the molecule is CNC(=O)CCCN(CCO)Cc1ccccc1. The molecule has 0 aliphatic heterocycles. The van der Waals surface area contributed by atoms with Crippen molar-refractivity contribution in [2.75, 3.05) is 26.7 Å². The molecule has 0 radical (unpaired) electrons. The summed E-state index contributed by atoms with van der Waals surface area (Å²) in [4.78, 5) is 13.3. The Bertz CT molecular complexity index is 341. The fourth-order valence-electron chi connectivity index (χ4n) is 1.84. The Balaban J connectivity index is 2.37. The van der Waals surface area contributed by atoms with E-state index in [2.05, 4.69) is 22.3 Å². The Morgan fingerprint density at radius 3 is 2.61 bits per heavy atom. The molecule has 0 unspecified atom stereocenters. The minimum Gasteiger partial charge on any atom is -0.395 e. The molecule has 0 bridgehead atoms. The minimum absolute atomic E-state index is 0.0682. The first kappa shape index (κ1) is 14.7. The maximum Gasteiger partial charge on any atom is 0.219 e. The highest BCUT2D eigenvalue weighted by atomic mass is 16.3. The molecular weight excluding hydrogens is 228 g/mol. The van der Waals surface area contributed by atoms with Crippen LogP contribution >= 0.6 is 0 Å². The Labute approximate surface area is 109 Å². The van der Waals surface area contributed by atoms with E-state index in [1.165, 1.54) is 5.56 Å². The first-order valence-electron chi connectivity index (χ1n) is 6.34. The molecule has 0 spiro atoms. The smallest absolute Gasteiger partial charge is 0.219 e. The van der Waals surface area contributed by atoms with Crippen molar-refractivity contribution in [3.8, 4) is 0 Å². The van der Waals surface area contributed by atoms with E-state index in [-0.39, 0.29) is 12.5 Å². The first-order chi connectivity index (χ1) is 8.76. The standard InChI is InChI=1S/C14H22N2O2/c1-15-14(18)8-5-9-16(10-11-17)12-13-6-3-2-4-7-13/h2-4,6-7,17H,5,8-12H2,1H3,(H,15,18). The van der Waals surface area contributed by atoms with Gasteiger partial charge in [-0.25, -0.2) is 0 Å². The van der Waals surface area contributed by atoms with Crippen LogP contribution in [0.2, 0.25) is 0 Å². The number of aliphatic hydroxyl groups is 1. The van der Waals surface area contributed by atoms with Crippen molar-refractivity contribution in [1.29, 1.82) is 0 Å². The van der Waals surface area contributed by atoms with Crippen molar-refractivity contribution in [1.82, 2.24) is 10.2 Å². The lowest BCUT2D eigenvalue weighted by Crippen LogP contribution is -2.28. The van der Waals surface area contributed by atoms with Crippen molar-refractivity contribution < 1.29 is 9.90 Å². The summed E-state index contributed by atoms with van der Waals surface area (Å²) in [5.41, 5.74) is 1.23. The van der Waals surface area contributed by atoms with E-state index >= 15 is 0 Å². The average Bonchev–Trinajstić information content (AvgIpc) is 2.40. The zero-order valence-electron chi connectivity index (χ0n) is 10.9. The van der Waals surface area contributed by atoms with Gasteiger partial charge in [-0.2, -0.15) is 0 Å². The van der Waals surface area contributed by atoms with E-state index in [0.717, 1.165) is 19.5 Å². The molecule has 0 aliphatic carbocycles. The Morgan fingerprint density at radius 1 is 1.28 bits per heavy atom. The maximum absolute atomic E-state index is 11.1. The third-order valence-corrected chi connectivity index (χ3v) is 2.82. The molecule has 100 valence electrons. The summed E-state index contributed by atoms with van der Waals surface area (Å²) >= 11 is 0. The molecule has 0 aliphatic rings. The number of hydrogen-bond acceptors (Lipinski definition) is 3. The Morgan fingerprint density at radius 2 is 2.00 bits per heavy atom. The molecule has 0 saturated heterocycles. The van der Waals surface area contributed by atoms with Crippen LogP contribution in [0.1, 0.15) is 18.4 Å². The summed E-state index contributed by atoms with van der Waals surface area (Å²) in [5.74, 6) is 0.0682. The van der Waals surface area contributed by atoms with Crippen molar-refractivity contribution in [2.24, 2.45) is 0 Å². The van der Waals surface area contributed by atoms with E-state index in [4.69, 9.17) is 5.11 Å². The number of rotatable bonds is 8. The zero-order chi connectivity index (χ0) is 13.2. The molecule has 0 fully saturated rings. The Hall–Kier alpha value is -1.39. The zero-order valence-corrected chi connectivity index (χ0v) is 10.9. The van der Waals surface area contributed by atoms with Crippen LogP contribution < -0.4 is 5.32 Å². The second kappa shape index (κ2) is 8.66. The summed E-state index contributed by atoms with van der Waals surface area (Å²) in [6.07, 6.45) is 1.35. The molecule has 1 aromatic carbocycles. The van der Waals surface area contributed by atoms with Crippen LogP contribution in [0.3, 0.4) is 0 Å². The molecular formula is C14H22N2O2. The Kier molecular flexibility index (Phi) is 7.06. The number of nitrogens with one attached hydrogen (secondary N) is 1. The first-order valence-corrected chi connectivity index (χ1v) is 6.34. The van der Waals surface area contributed by atoms with E-state index in [0.29, 0.717) is 13.0 Å². The maximum atomic E-state index is 11.1. The van der Waals surface area contributed by atoms with Crippen LogP contribution in [0.5, 0.6) is 0 Å². The highest BCUT2D eigenvalue weighted by Crippen LogP contribution is 2.05. The molecule has 0 saturated carbocycles. The van der Waals surface area contributed by atoms with E-state index in [1.54, 1.807) is 7.05 Å². The van der Waals surface area contributed by atoms with Crippen LogP contribution in [-0.4, -0.2) is 42.7 Å². The van der Waals surface area contributed by atoms with Crippen molar-refractivity contribution in [3.63, 3.8) is 0 Å².